The lowest BCUT2D eigenvalue weighted by Crippen LogP contribution is -2.58. The molecule has 3 aromatic rings. The van der Waals surface area contributed by atoms with Gasteiger partial charge < -0.3 is 19.5 Å². The van der Waals surface area contributed by atoms with Gasteiger partial charge in [-0.3, -0.25) is 4.79 Å². The zero-order chi connectivity index (χ0) is 26.0. The quantitative estimate of drug-likeness (QED) is 0.275. The van der Waals surface area contributed by atoms with E-state index in [0.29, 0.717) is 17.7 Å². The van der Waals surface area contributed by atoms with E-state index < -0.39 is 5.72 Å². The molecule has 5 heteroatoms. The molecule has 0 fully saturated rings. The molecular formula is C32H35NO4. The molecule has 37 heavy (non-hydrogen) atoms. The van der Waals surface area contributed by atoms with Gasteiger partial charge in [-0.15, -0.1) is 0 Å². The highest BCUT2D eigenvalue weighted by molar-refractivity contribution is 6.09. The maximum absolute atomic E-state index is 13.2. The molecule has 0 aliphatic carbocycles. The number of hydrogen-bond donors (Lipinski definition) is 1. The topological polar surface area (TPSA) is 59.0 Å². The van der Waals surface area contributed by atoms with E-state index in [1.807, 2.05) is 42.5 Å². The van der Waals surface area contributed by atoms with E-state index in [2.05, 4.69) is 62.2 Å². The van der Waals surface area contributed by atoms with E-state index in [1.54, 1.807) is 0 Å². The number of carbonyl (C=O) groups is 1. The van der Waals surface area contributed by atoms with Gasteiger partial charge >= 0.3 is 0 Å². The van der Waals surface area contributed by atoms with Gasteiger partial charge in [0.25, 0.3) is 0 Å². The summed E-state index contributed by atoms with van der Waals surface area (Å²) in [5, 5.41) is 8.85. The minimum Gasteiger partial charge on any atom is -0.494 e. The zero-order valence-electron chi connectivity index (χ0n) is 21.9. The summed E-state index contributed by atoms with van der Waals surface area (Å²) < 4.78 is 12.5. The Morgan fingerprint density at radius 2 is 1.68 bits per heavy atom. The Hall–Kier alpha value is -3.57. The molecule has 0 amide bonds. The predicted molar refractivity (Wildman–Crippen MR) is 148 cm³/mol. The fourth-order valence-corrected chi connectivity index (χ4v) is 5.55. The third-order valence-corrected chi connectivity index (χ3v) is 7.80. The van der Waals surface area contributed by atoms with E-state index in [4.69, 9.17) is 14.6 Å². The molecule has 0 saturated heterocycles. The molecule has 1 unspecified atom stereocenters. The van der Waals surface area contributed by atoms with Crippen LogP contribution in [0.1, 0.15) is 66.6 Å². The highest BCUT2D eigenvalue weighted by atomic mass is 16.5. The van der Waals surface area contributed by atoms with E-state index in [9.17, 15) is 4.79 Å². The van der Waals surface area contributed by atoms with Gasteiger partial charge in [0.15, 0.2) is 5.78 Å². The van der Waals surface area contributed by atoms with Crippen molar-refractivity contribution in [2.75, 3.05) is 25.2 Å². The van der Waals surface area contributed by atoms with Crippen LogP contribution in [0, 0.1) is 0 Å². The molecule has 2 aliphatic rings. The van der Waals surface area contributed by atoms with Crippen molar-refractivity contribution in [3.8, 4) is 11.5 Å². The summed E-state index contributed by atoms with van der Waals surface area (Å²) in [6.45, 7) is 5.31. The number of aliphatic hydroxyl groups excluding tert-OH is 1. The van der Waals surface area contributed by atoms with Crippen LogP contribution in [0.4, 0.5) is 5.69 Å². The van der Waals surface area contributed by atoms with E-state index in [-0.39, 0.29) is 17.8 Å². The molecule has 1 atom stereocenters. The van der Waals surface area contributed by atoms with E-state index in [0.717, 1.165) is 42.7 Å². The molecule has 3 aromatic carbocycles. The smallest absolute Gasteiger partial charge is 0.211 e. The highest BCUT2D eigenvalue weighted by Crippen LogP contribution is 2.54. The Bertz CT molecular complexity index is 1310. The second-order valence-corrected chi connectivity index (χ2v) is 10.4. The third-order valence-electron chi connectivity index (χ3n) is 7.80. The number of rotatable bonds is 9. The summed E-state index contributed by atoms with van der Waals surface area (Å²) in [6, 6.07) is 21.4. The average Bonchev–Trinajstić information content (AvgIpc) is 3.08. The molecule has 0 bridgehead atoms. The molecule has 1 spiro atoms. The molecule has 5 nitrogen and oxygen atoms in total. The van der Waals surface area contributed by atoms with Gasteiger partial charge in [0, 0.05) is 36.0 Å². The van der Waals surface area contributed by atoms with E-state index >= 15 is 0 Å². The van der Waals surface area contributed by atoms with Crippen LogP contribution in [0.2, 0.25) is 0 Å². The van der Waals surface area contributed by atoms with Gasteiger partial charge in [0.1, 0.15) is 11.5 Å². The third kappa shape index (κ3) is 4.42. The lowest BCUT2D eigenvalue weighted by atomic mass is 9.76. The molecule has 0 aromatic heterocycles. The highest BCUT2D eigenvalue weighted by Gasteiger charge is 2.57. The fraction of sp³-hybridized carbons (Fsp3) is 0.344. The Balaban J connectivity index is 1.29. The van der Waals surface area contributed by atoms with Gasteiger partial charge in [0.2, 0.25) is 5.72 Å². The number of likely N-dealkylation sites (N-methyl/N-ethyl adjacent to an activating group) is 1. The number of ether oxygens (including phenoxy) is 2. The number of hydrogen-bond acceptors (Lipinski definition) is 5. The first-order chi connectivity index (χ1) is 17.9. The summed E-state index contributed by atoms with van der Waals surface area (Å²) in [5.41, 5.74) is 3.68. The van der Waals surface area contributed by atoms with Crippen LogP contribution in [-0.2, 0) is 5.41 Å². The molecule has 0 radical (unpaired) electrons. The summed E-state index contributed by atoms with van der Waals surface area (Å²) in [6.07, 6.45) is 8.04. The number of fused-ring (bicyclic) bond motifs is 2. The summed E-state index contributed by atoms with van der Waals surface area (Å²) in [7, 11) is 2.07. The summed E-state index contributed by atoms with van der Waals surface area (Å²) >= 11 is 0. The number of carbonyl (C=O) groups excluding carboxylic acids is 1. The van der Waals surface area contributed by atoms with Gasteiger partial charge in [-0.25, -0.2) is 0 Å². The van der Waals surface area contributed by atoms with Crippen LogP contribution < -0.4 is 14.4 Å². The molecular weight excluding hydrogens is 462 g/mol. The number of para-hydroxylation sites is 1. The summed E-state index contributed by atoms with van der Waals surface area (Å²) in [5.74, 6) is 1.50. The minimum atomic E-state index is -0.635. The summed E-state index contributed by atoms with van der Waals surface area (Å²) in [4.78, 5) is 15.4. The number of nitrogens with zero attached hydrogens (tertiary/aromatic N) is 1. The molecule has 2 aliphatic heterocycles. The first-order valence-electron chi connectivity index (χ1n) is 13.1. The monoisotopic (exact) mass is 497 g/mol. The van der Waals surface area contributed by atoms with Gasteiger partial charge in [-0.1, -0.05) is 24.6 Å². The number of benzene rings is 3. The molecule has 1 N–H and O–H groups in total. The van der Waals surface area contributed by atoms with Crippen molar-refractivity contribution in [1.29, 1.82) is 0 Å². The van der Waals surface area contributed by atoms with E-state index in [1.165, 1.54) is 11.3 Å². The van der Waals surface area contributed by atoms with Crippen molar-refractivity contribution in [2.24, 2.45) is 0 Å². The van der Waals surface area contributed by atoms with Crippen LogP contribution in [0.5, 0.6) is 11.5 Å². The Labute approximate surface area is 219 Å². The van der Waals surface area contributed by atoms with Crippen LogP contribution >= 0.6 is 0 Å². The van der Waals surface area contributed by atoms with Crippen molar-refractivity contribution in [2.45, 2.75) is 50.7 Å². The number of anilines is 1. The van der Waals surface area contributed by atoms with Crippen molar-refractivity contribution < 1.29 is 19.4 Å². The molecule has 192 valence electrons. The number of ketones is 1. The minimum absolute atomic E-state index is 0.0299. The van der Waals surface area contributed by atoms with Crippen molar-refractivity contribution >= 4 is 17.5 Å². The standard InChI is InChI=1S/C32H35NO4/c1-31(2)27-10-6-7-11-28(27)33(3)32(31)19-18-24-22-25(14-17-29(24)37-32)30(35)23-12-15-26(16-13-23)36-21-9-5-4-8-20-34/h6-7,10-19,22,34H,4-5,8-9,20-21H2,1-3H3. The maximum Gasteiger partial charge on any atom is 0.211 e. The number of aliphatic hydroxyl groups is 1. The maximum atomic E-state index is 13.2. The molecule has 2 heterocycles. The van der Waals surface area contributed by atoms with Crippen molar-refractivity contribution in [3.05, 3.63) is 95.1 Å². The molecule has 5 rings (SSSR count). The van der Waals surface area contributed by atoms with Crippen LogP contribution in [-0.4, -0.2) is 36.9 Å². The van der Waals surface area contributed by atoms with Crippen molar-refractivity contribution in [1.82, 2.24) is 0 Å². The first kappa shape index (κ1) is 25.1. The average molecular weight is 498 g/mol. The van der Waals surface area contributed by atoms with Crippen LogP contribution in [0.25, 0.3) is 6.08 Å². The SMILES string of the molecule is CN1c2ccccc2C(C)(C)C12C=Cc1cc(C(=O)c3ccc(OCCCCCCO)cc3)ccc1O2. The predicted octanol–water partition coefficient (Wildman–Crippen LogP) is 6.38. The van der Waals surface area contributed by atoms with Crippen molar-refractivity contribution in [3.63, 3.8) is 0 Å². The van der Waals surface area contributed by atoms with Crippen LogP contribution in [0.15, 0.2) is 72.8 Å². The lowest BCUT2D eigenvalue weighted by Gasteiger charge is -2.45. The largest absolute Gasteiger partial charge is 0.494 e. The van der Waals surface area contributed by atoms with Gasteiger partial charge in [-0.2, -0.15) is 0 Å². The second kappa shape index (κ2) is 10.1. The second-order valence-electron chi connectivity index (χ2n) is 10.4. The fourth-order valence-electron chi connectivity index (χ4n) is 5.55. The Morgan fingerprint density at radius 1 is 0.946 bits per heavy atom. The normalized spacial score (nSPS) is 18.9. The lowest BCUT2D eigenvalue weighted by molar-refractivity contribution is 0.0581. The first-order valence-corrected chi connectivity index (χ1v) is 13.1. The number of unbranched alkanes of at least 4 members (excludes halogenated alkanes) is 3. The Morgan fingerprint density at radius 3 is 2.43 bits per heavy atom. The van der Waals surface area contributed by atoms with Gasteiger partial charge in [-0.05, 0) is 99.4 Å². The Kier molecular flexibility index (Phi) is 6.82. The van der Waals surface area contributed by atoms with Crippen LogP contribution in [0.3, 0.4) is 0 Å². The molecule has 0 saturated carbocycles. The zero-order valence-corrected chi connectivity index (χ0v) is 21.9. The van der Waals surface area contributed by atoms with Gasteiger partial charge in [0.05, 0.1) is 12.0 Å².